The highest BCUT2D eigenvalue weighted by atomic mass is 16.5. The zero-order valence-corrected chi connectivity index (χ0v) is 10.5. The standard InChI is InChI=1S/C14H20O2/c1-5-7-12-8-9-13(14(10-12)15-4)16-11(3)6-2/h5,7-11H,6H2,1-4H3/b7-5-. The van der Waals surface area contributed by atoms with Crippen LogP contribution in [0.2, 0.25) is 0 Å². The topological polar surface area (TPSA) is 18.5 Å². The third-order valence-corrected chi connectivity index (χ3v) is 2.45. The van der Waals surface area contributed by atoms with Gasteiger partial charge in [0.1, 0.15) is 0 Å². The molecule has 0 aliphatic carbocycles. The summed E-state index contributed by atoms with van der Waals surface area (Å²) in [5.74, 6) is 1.60. The number of methoxy groups -OCH3 is 1. The van der Waals surface area contributed by atoms with Crippen molar-refractivity contribution in [1.29, 1.82) is 0 Å². The lowest BCUT2D eigenvalue weighted by Gasteiger charge is -2.15. The summed E-state index contributed by atoms with van der Waals surface area (Å²) in [5, 5.41) is 0. The molecule has 0 aliphatic rings. The molecule has 2 heteroatoms. The number of allylic oxidation sites excluding steroid dienone is 1. The first-order chi connectivity index (χ1) is 7.71. The second-order valence-corrected chi connectivity index (χ2v) is 3.75. The first kappa shape index (κ1) is 12.6. The van der Waals surface area contributed by atoms with Gasteiger partial charge in [0.2, 0.25) is 0 Å². The van der Waals surface area contributed by atoms with Gasteiger partial charge in [0.15, 0.2) is 11.5 Å². The van der Waals surface area contributed by atoms with Crippen LogP contribution in [0, 0.1) is 0 Å². The van der Waals surface area contributed by atoms with Crippen molar-refractivity contribution in [2.45, 2.75) is 33.3 Å². The molecular formula is C14H20O2. The first-order valence-corrected chi connectivity index (χ1v) is 5.68. The maximum absolute atomic E-state index is 5.77. The van der Waals surface area contributed by atoms with E-state index in [9.17, 15) is 0 Å². The van der Waals surface area contributed by atoms with Gasteiger partial charge in [-0.05, 0) is 38.0 Å². The molecule has 0 amide bonds. The monoisotopic (exact) mass is 220 g/mol. The maximum Gasteiger partial charge on any atom is 0.161 e. The van der Waals surface area contributed by atoms with Crippen LogP contribution in [0.3, 0.4) is 0 Å². The van der Waals surface area contributed by atoms with Crippen molar-refractivity contribution in [1.82, 2.24) is 0 Å². The molecule has 1 rings (SSSR count). The predicted octanol–water partition coefficient (Wildman–Crippen LogP) is 3.91. The molecule has 1 atom stereocenters. The molecule has 1 aromatic carbocycles. The Bertz CT molecular complexity index is 356. The molecule has 0 heterocycles. The zero-order valence-electron chi connectivity index (χ0n) is 10.5. The SMILES string of the molecule is C/C=C\c1ccc(OC(C)CC)c(OC)c1. The molecule has 88 valence electrons. The molecule has 0 N–H and O–H groups in total. The minimum atomic E-state index is 0.210. The number of rotatable bonds is 5. The second kappa shape index (κ2) is 6.21. The maximum atomic E-state index is 5.77. The van der Waals surface area contributed by atoms with Crippen LogP contribution < -0.4 is 9.47 Å². The van der Waals surface area contributed by atoms with Gasteiger partial charge >= 0.3 is 0 Å². The highest BCUT2D eigenvalue weighted by Gasteiger charge is 2.07. The predicted molar refractivity (Wildman–Crippen MR) is 68.1 cm³/mol. The molecule has 0 aromatic heterocycles. The van der Waals surface area contributed by atoms with Crippen LogP contribution in [0.4, 0.5) is 0 Å². The van der Waals surface area contributed by atoms with Gasteiger partial charge < -0.3 is 9.47 Å². The molecular weight excluding hydrogens is 200 g/mol. The molecule has 1 unspecified atom stereocenters. The lowest BCUT2D eigenvalue weighted by Crippen LogP contribution is -2.10. The molecule has 0 saturated carbocycles. The average molecular weight is 220 g/mol. The molecule has 0 spiro atoms. The number of ether oxygens (including phenoxy) is 2. The van der Waals surface area contributed by atoms with Gasteiger partial charge in [-0.25, -0.2) is 0 Å². The van der Waals surface area contributed by atoms with Crippen LogP contribution in [-0.2, 0) is 0 Å². The van der Waals surface area contributed by atoms with Gasteiger partial charge in [-0.2, -0.15) is 0 Å². The summed E-state index contributed by atoms with van der Waals surface area (Å²) in [4.78, 5) is 0. The van der Waals surface area contributed by atoms with E-state index in [0.29, 0.717) is 0 Å². The van der Waals surface area contributed by atoms with E-state index in [-0.39, 0.29) is 6.10 Å². The van der Waals surface area contributed by atoms with Gasteiger partial charge in [-0.3, -0.25) is 0 Å². The Hall–Kier alpha value is -1.44. The minimum Gasteiger partial charge on any atom is -0.493 e. The Morgan fingerprint density at radius 3 is 2.62 bits per heavy atom. The summed E-state index contributed by atoms with van der Waals surface area (Å²) in [6.45, 7) is 6.15. The van der Waals surface area contributed by atoms with Crippen molar-refractivity contribution in [3.05, 3.63) is 29.8 Å². The molecule has 0 aliphatic heterocycles. The summed E-state index contributed by atoms with van der Waals surface area (Å²) >= 11 is 0. The lowest BCUT2D eigenvalue weighted by molar-refractivity contribution is 0.207. The van der Waals surface area contributed by atoms with E-state index >= 15 is 0 Å². The van der Waals surface area contributed by atoms with Gasteiger partial charge in [-0.15, -0.1) is 0 Å². The Kier molecular flexibility index (Phi) is 4.90. The summed E-state index contributed by atoms with van der Waals surface area (Å²) in [6, 6.07) is 5.97. The van der Waals surface area contributed by atoms with Crippen molar-refractivity contribution >= 4 is 6.08 Å². The van der Waals surface area contributed by atoms with E-state index < -0.39 is 0 Å². The summed E-state index contributed by atoms with van der Waals surface area (Å²) in [7, 11) is 1.66. The molecule has 1 aromatic rings. The van der Waals surface area contributed by atoms with Crippen LogP contribution >= 0.6 is 0 Å². The van der Waals surface area contributed by atoms with Gasteiger partial charge in [0, 0.05) is 0 Å². The van der Waals surface area contributed by atoms with Crippen LogP contribution in [0.1, 0.15) is 32.8 Å². The van der Waals surface area contributed by atoms with Crippen LogP contribution in [0.25, 0.3) is 6.08 Å². The highest BCUT2D eigenvalue weighted by Crippen LogP contribution is 2.29. The van der Waals surface area contributed by atoms with Crippen molar-refractivity contribution < 1.29 is 9.47 Å². The Labute approximate surface area is 97.9 Å². The summed E-state index contributed by atoms with van der Waals surface area (Å²) in [5.41, 5.74) is 1.12. The van der Waals surface area contributed by atoms with E-state index in [4.69, 9.17) is 9.47 Å². The quantitative estimate of drug-likeness (QED) is 0.749. The fraction of sp³-hybridized carbons (Fsp3) is 0.429. The fourth-order valence-electron chi connectivity index (χ4n) is 1.38. The summed E-state index contributed by atoms with van der Waals surface area (Å²) < 4.78 is 11.1. The van der Waals surface area contributed by atoms with Gasteiger partial charge in [0.05, 0.1) is 13.2 Å². The van der Waals surface area contributed by atoms with E-state index in [1.165, 1.54) is 0 Å². The summed E-state index contributed by atoms with van der Waals surface area (Å²) in [6.07, 6.45) is 5.24. The van der Waals surface area contributed by atoms with E-state index in [1.807, 2.05) is 37.3 Å². The lowest BCUT2D eigenvalue weighted by atomic mass is 10.2. The number of hydrogen-bond acceptors (Lipinski definition) is 2. The Morgan fingerprint density at radius 1 is 1.31 bits per heavy atom. The third kappa shape index (κ3) is 3.30. The van der Waals surface area contributed by atoms with Crippen molar-refractivity contribution in [2.24, 2.45) is 0 Å². The molecule has 0 bridgehead atoms. The Morgan fingerprint density at radius 2 is 2.06 bits per heavy atom. The Balaban J connectivity index is 2.92. The minimum absolute atomic E-state index is 0.210. The van der Waals surface area contributed by atoms with Crippen LogP contribution in [-0.4, -0.2) is 13.2 Å². The van der Waals surface area contributed by atoms with Crippen molar-refractivity contribution in [2.75, 3.05) is 7.11 Å². The fourth-order valence-corrected chi connectivity index (χ4v) is 1.38. The highest BCUT2D eigenvalue weighted by molar-refractivity contribution is 5.55. The van der Waals surface area contributed by atoms with Gasteiger partial charge in [0.25, 0.3) is 0 Å². The number of hydrogen-bond donors (Lipinski definition) is 0. The third-order valence-electron chi connectivity index (χ3n) is 2.45. The van der Waals surface area contributed by atoms with E-state index in [2.05, 4.69) is 13.8 Å². The first-order valence-electron chi connectivity index (χ1n) is 5.68. The smallest absolute Gasteiger partial charge is 0.161 e. The molecule has 0 fully saturated rings. The average Bonchev–Trinajstić information content (AvgIpc) is 2.31. The van der Waals surface area contributed by atoms with Crippen molar-refractivity contribution in [3.63, 3.8) is 0 Å². The number of benzene rings is 1. The zero-order chi connectivity index (χ0) is 12.0. The normalized spacial score (nSPS) is 12.8. The van der Waals surface area contributed by atoms with Gasteiger partial charge in [-0.1, -0.05) is 25.1 Å². The second-order valence-electron chi connectivity index (χ2n) is 3.75. The van der Waals surface area contributed by atoms with E-state index in [1.54, 1.807) is 7.11 Å². The molecule has 16 heavy (non-hydrogen) atoms. The molecule has 0 saturated heterocycles. The van der Waals surface area contributed by atoms with Crippen molar-refractivity contribution in [3.8, 4) is 11.5 Å². The molecule has 2 nitrogen and oxygen atoms in total. The molecule has 0 radical (unpaired) electrons. The van der Waals surface area contributed by atoms with Crippen LogP contribution in [0.15, 0.2) is 24.3 Å². The largest absolute Gasteiger partial charge is 0.493 e. The van der Waals surface area contributed by atoms with E-state index in [0.717, 1.165) is 23.5 Å². The van der Waals surface area contributed by atoms with Crippen LogP contribution in [0.5, 0.6) is 11.5 Å².